The number of aliphatic hydroxyl groups is 1. The van der Waals surface area contributed by atoms with Crippen molar-refractivity contribution in [2.75, 3.05) is 5.73 Å². The fourth-order valence-corrected chi connectivity index (χ4v) is 1.75. The Balaban J connectivity index is 2.82. The third-order valence-corrected chi connectivity index (χ3v) is 2.75. The zero-order chi connectivity index (χ0) is 10.6. The molecule has 0 spiro atoms. The molecule has 1 aromatic rings. The summed E-state index contributed by atoms with van der Waals surface area (Å²) in [5.74, 6) is 0.330. The summed E-state index contributed by atoms with van der Waals surface area (Å²) in [6, 6.07) is 7.50. The number of benzene rings is 1. The van der Waals surface area contributed by atoms with E-state index >= 15 is 0 Å². The number of hydrogen-bond acceptors (Lipinski definition) is 2. The molecule has 1 unspecified atom stereocenters. The Hall–Kier alpha value is -1.02. The van der Waals surface area contributed by atoms with Crippen LogP contribution in [-0.4, -0.2) is 5.11 Å². The molecule has 0 saturated carbocycles. The standard InChI is InChI=1S/C12H19NO/c1-3-9(4-2)12(14)10-6-5-7-11(13)8-10/h5-9,12,14H,3-4,13H2,1-2H3. The van der Waals surface area contributed by atoms with Crippen LogP contribution in [0.15, 0.2) is 24.3 Å². The molecule has 0 aliphatic carbocycles. The van der Waals surface area contributed by atoms with Gasteiger partial charge in [0.2, 0.25) is 0 Å². The van der Waals surface area contributed by atoms with Crippen LogP contribution in [0.1, 0.15) is 38.4 Å². The van der Waals surface area contributed by atoms with Crippen LogP contribution in [0.4, 0.5) is 5.69 Å². The summed E-state index contributed by atoms with van der Waals surface area (Å²) < 4.78 is 0. The lowest BCUT2D eigenvalue weighted by Gasteiger charge is -2.20. The molecule has 14 heavy (non-hydrogen) atoms. The van der Waals surface area contributed by atoms with Gasteiger partial charge in [-0.25, -0.2) is 0 Å². The van der Waals surface area contributed by atoms with Gasteiger partial charge < -0.3 is 10.8 Å². The number of hydrogen-bond donors (Lipinski definition) is 2. The monoisotopic (exact) mass is 193 g/mol. The first-order chi connectivity index (χ1) is 6.69. The normalized spacial score (nSPS) is 13.1. The summed E-state index contributed by atoms with van der Waals surface area (Å²) >= 11 is 0. The van der Waals surface area contributed by atoms with Gasteiger partial charge in [0.25, 0.3) is 0 Å². The topological polar surface area (TPSA) is 46.2 Å². The van der Waals surface area contributed by atoms with Gasteiger partial charge in [-0.2, -0.15) is 0 Å². The first-order valence-electron chi connectivity index (χ1n) is 5.22. The Morgan fingerprint density at radius 1 is 1.29 bits per heavy atom. The molecule has 0 saturated heterocycles. The summed E-state index contributed by atoms with van der Waals surface area (Å²) in [4.78, 5) is 0. The molecule has 1 aromatic carbocycles. The molecular formula is C12H19NO. The van der Waals surface area contributed by atoms with E-state index in [4.69, 9.17) is 5.73 Å². The molecule has 1 atom stereocenters. The SMILES string of the molecule is CCC(CC)C(O)c1cccc(N)c1. The van der Waals surface area contributed by atoms with Crippen molar-refractivity contribution in [1.82, 2.24) is 0 Å². The lowest BCUT2D eigenvalue weighted by molar-refractivity contribution is 0.103. The number of aliphatic hydroxyl groups excluding tert-OH is 1. The first-order valence-corrected chi connectivity index (χ1v) is 5.22. The Kier molecular flexibility index (Phi) is 3.96. The fraction of sp³-hybridized carbons (Fsp3) is 0.500. The van der Waals surface area contributed by atoms with Crippen molar-refractivity contribution < 1.29 is 5.11 Å². The van der Waals surface area contributed by atoms with Gasteiger partial charge in [-0.3, -0.25) is 0 Å². The van der Waals surface area contributed by atoms with E-state index in [0.29, 0.717) is 11.6 Å². The van der Waals surface area contributed by atoms with Crippen molar-refractivity contribution in [2.45, 2.75) is 32.8 Å². The van der Waals surface area contributed by atoms with Gasteiger partial charge >= 0.3 is 0 Å². The zero-order valence-corrected chi connectivity index (χ0v) is 8.90. The van der Waals surface area contributed by atoms with Crippen molar-refractivity contribution in [3.8, 4) is 0 Å². The van der Waals surface area contributed by atoms with E-state index in [0.717, 1.165) is 18.4 Å². The lowest BCUT2D eigenvalue weighted by atomic mass is 9.91. The fourth-order valence-electron chi connectivity index (χ4n) is 1.75. The second kappa shape index (κ2) is 5.01. The largest absolute Gasteiger partial charge is 0.399 e. The van der Waals surface area contributed by atoms with Crippen molar-refractivity contribution in [2.24, 2.45) is 5.92 Å². The van der Waals surface area contributed by atoms with Crippen molar-refractivity contribution >= 4 is 5.69 Å². The van der Waals surface area contributed by atoms with E-state index in [1.165, 1.54) is 0 Å². The molecule has 0 bridgehead atoms. The molecule has 0 aliphatic heterocycles. The summed E-state index contributed by atoms with van der Waals surface area (Å²) in [7, 11) is 0. The number of nitrogens with two attached hydrogens (primary N) is 1. The van der Waals surface area contributed by atoms with Gasteiger partial charge in [0.05, 0.1) is 6.10 Å². The summed E-state index contributed by atoms with van der Waals surface area (Å²) in [5.41, 5.74) is 7.31. The highest BCUT2D eigenvalue weighted by Crippen LogP contribution is 2.27. The summed E-state index contributed by atoms with van der Waals surface area (Å²) in [6.45, 7) is 4.20. The Bertz CT molecular complexity index is 281. The van der Waals surface area contributed by atoms with E-state index in [9.17, 15) is 5.11 Å². The molecule has 1 rings (SSSR count). The molecule has 0 fully saturated rings. The third-order valence-electron chi connectivity index (χ3n) is 2.75. The third kappa shape index (κ3) is 2.48. The van der Waals surface area contributed by atoms with E-state index in [1.807, 2.05) is 24.3 Å². The lowest BCUT2D eigenvalue weighted by Crippen LogP contribution is -2.11. The highest BCUT2D eigenvalue weighted by atomic mass is 16.3. The van der Waals surface area contributed by atoms with Crippen LogP contribution < -0.4 is 5.73 Å². The van der Waals surface area contributed by atoms with Gasteiger partial charge in [0, 0.05) is 5.69 Å². The molecule has 2 nitrogen and oxygen atoms in total. The smallest absolute Gasteiger partial charge is 0.0818 e. The van der Waals surface area contributed by atoms with Gasteiger partial charge in [0.15, 0.2) is 0 Å². The van der Waals surface area contributed by atoms with Gasteiger partial charge in [-0.05, 0) is 23.6 Å². The van der Waals surface area contributed by atoms with Crippen LogP contribution in [0.5, 0.6) is 0 Å². The van der Waals surface area contributed by atoms with Crippen LogP contribution >= 0.6 is 0 Å². The maximum Gasteiger partial charge on any atom is 0.0818 e. The van der Waals surface area contributed by atoms with E-state index in [1.54, 1.807) is 0 Å². The van der Waals surface area contributed by atoms with Crippen LogP contribution in [0.2, 0.25) is 0 Å². The molecule has 3 N–H and O–H groups in total. The predicted octanol–water partition coefficient (Wildman–Crippen LogP) is 2.74. The second-order valence-electron chi connectivity index (χ2n) is 3.69. The maximum absolute atomic E-state index is 10.0. The minimum Gasteiger partial charge on any atom is -0.399 e. The molecule has 0 amide bonds. The Labute approximate surface area is 85.8 Å². The minimum absolute atomic E-state index is 0.330. The van der Waals surface area contributed by atoms with Crippen molar-refractivity contribution in [1.29, 1.82) is 0 Å². The zero-order valence-electron chi connectivity index (χ0n) is 8.90. The van der Waals surface area contributed by atoms with Gasteiger partial charge in [0.1, 0.15) is 0 Å². The van der Waals surface area contributed by atoms with E-state index in [2.05, 4.69) is 13.8 Å². The highest BCUT2D eigenvalue weighted by Gasteiger charge is 2.17. The van der Waals surface area contributed by atoms with Crippen molar-refractivity contribution in [3.63, 3.8) is 0 Å². The van der Waals surface area contributed by atoms with Gasteiger partial charge in [-0.1, -0.05) is 38.8 Å². The maximum atomic E-state index is 10.0. The molecule has 0 aliphatic rings. The number of anilines is 1. The van der Waals surface area contributed by atoms with E-state index < -0.39 is 0 Å². The van der Waals surface area contributed by atoms with Gasteiger partial charge in [-0.15, -0.1) is 0 Å². The quantitative estimate of drug-likeness (QED) is 0.722. The molecule has 0 heterocycles. The van der Waals surface area contributed by atoms with Crippen molar-refractivity contribution in [3.05, 3.63) is 29.8 Å². The minimum atomic E-state index is -0.381. The van der Waals surface area contributed by atoms with E-state index in [-0.39, 0.29) is 6.10 Å². The molecule has 0 radical (unpaired) electrons. The predicted molar refractivity (Wildman–Crippen MR) is 59.9 cm³/mol. The average Bonchev–Trinajstić information content (AvgIpc) is 2.19. The molecule has 0 aromatic heterocycles. The second-order valence-corrected chi connectivity index (χ2v) is 3.69. The molecule has 78 valence electrons. The average molecular weight is 193 g/mol. The molecular weight excluding hydrogens is 174 g/mol. The van der Waals surface area contributed by atoms with Crippen LogP contribution in [-0.2, 0) is 0 Å². The molecule has 2 heteroatoms. The summed E-state index contributed by atoms with van der Waals surface area (Å²) in [5, 5.41) is 10.0. The highest BCUT2D eigenvalue weighted by molar-refractivity contribution is 5.41. The number of nitrogen functional groups attached to an aromatic ring is 1. The summed E-state index contributed by atoms with van der Waals surface area (Å²) in [6.07, 6.45) is 1.60. The van der Waals surface area contributed by atoms with Crippen LogP contribution in [0.25, 0.3) is 0 Å². The number of rotatable bonds is 4. The van der Waals surface area contributed by atoms with Crippen LogP contribution in [0, 0.1) is 5.92 Å². The first kappa shape index (κ1) is 11.1. The Morgan fingerprint density at radius 2 is 1.93 bits per heavy atom. The Morgan fingerprint density at radius 3 is 2.43 bits per heavy atom. The van der Waals surface area contributed by atoms with Crippen LogP contribution in [0.3, 0.4) is 0 Å².